The van der Waals surface area contributed by atoms with Crippen LogP contribution in [0.3, 0.4) is 0 Å². The van der Waals surface area contributed by atoms with Crippen molar-refractivity contribution in [3.63, 3.8) is 0 Å². The quantitative estimate of drug-likeness (QED) is 0.590. The molecule has 1 atom stereocenters. The molecular weight excluding hydrogens is 390 g/mol. The van der Waals surface area contributed by atoms with Crippen molar-refractivity contribution in [1.29, 1.82) is 0 Å². The first-order chi connectivity index (χ1) is 14.1. The van der Waals surface area contributed by atoms with Crippen LogP contribution in [0, 0.1) is 0 Å². The Morgan fingerprint density at radius 3 is 2.45 bits per heavy atom. The third kappa shape index (κ3) is 3.96. The molecule has 0 saturated heterocycles. The minimum atomic E-state index is -0.637. The van der Waals surface area contributed by atoms with Crippen molar-refractivity contribution < 1.29 is 19.1 Å². The molecule has 1 amide bonds. The smallest absolute Gasteiger partial charge is 0.340 e. The lowest BCUT2D eigenvalue weighted by Gasteiger charge is -2.37. The molecule has 1 aliphatic heterocycles. The number of carbonyl (C=O) groups is 2. The maximum absolute atomic E-state index is 13.1. The maximum Gasteiger partial charge on any atom is 0.340 e. The molecule has 3 aromatic rings. The number of carbonyl (C=O) groups excluding carboxylic acids is 2. The van der Waals surface area contributed by atoms with Crippen LogP contribution in [0.5, 0.6) is 5.75 Å². The number of rotatable bonds is 4. The van der Waals surface area contributed by atoms with Crippen molar-refractivity contribution in [3.8, 4) is 5.75 Å². The Morgan fingerprint density at radius 2 is 1.66 bits per heavy atom. The third-order valence-electron chi connectivity index (χ3n) is 4.71. The van der Waals surface area contributed by atoms with E-state index in [2.05, 4.69) is 0 Å². The van der Waals surface area contributed by atoms with Crippen LogP contribution in [0.4, 0.5) is 5.69 Å². The summed E-state index contributed by atoms with van der Waals surface area (Å²) in [6, 6.07) is 23.2. The fourth-order valence-corrected chi connectivity index (χ4v) is 3.53. The molecule has 0 saturated carbocycles. The van der Waals surface area contributed by atoms with E-state index < -0.39 is 12.6 Å². The van der Waals surface area contributed by atoms with Crippen LogP contribution in [-0.2, 0) is 9.53 Å². The molecule has 0 radical (unpaired) electrons. The normalized spacial score (nSPS) is 15.2. The molecule has 1 heterocycles. The first-order valence-electron chi connectivity index (χ1n) is 9.15. The van der Waals surface area contributed by atoms with Gasteiger partial charge in [0.25, 0.3) is 5.91 Å². The predicted octanol–water partition coefficient (Wildman–Crippen LogP) is 4.66. The lowest BCUT2D eigenvalue weighted by Crippen LogP contribution is -2.43. The lowest BCUT2D eigenvalue weighted by atomic mass is 10.0. The van der Waals surface area contributed by atoms with Gasteiger partial charge in [0.15, 0.2) is 6.61 Å². The van der Waals surface area contributed by atoms with E-state index in [9.17, 15) is 9.59 Å². The number of nitrogens with zero attached hydrogens (tertiary/aromatic N) is 1. The number of ether oxygens (including phenoxy) is 2. The molecule has 1 aliphatic rings. The largest absolute Gasteiger partial charge is 0.489 e. The zero-order chi connectivity index (χ0) is 20.2. The second kappa shape index (κ2) is 8.37. The number of amides is 1. The average Bonchev–Trinajstić information content (AvgIpc) is 2.77. The van der Waals surface area contributed by atoms with Crippen molar-refractivity contribution in [2.45, 2.75) is 6.04 Å². The van der Waals surface area contributed by atoms with Gasteiger partial charge in [0.1, 0.15) is 12.4 Å². The Bertz CT molecular complexity index is 1040. The van der Waals surface area contributed by atoms with Gasteiger partial charge in [-0.1, -0.05) is 66.2 Å². The van der Waals surface area contributed by atoms with E-state index in [1.165, 1.54) is 0 Å². The zero-order valence-electron chi connectivity index (χ0n) is 15.5. The van der Waals surface area contributed by atoms with Crippen molar-refractivity contribution in [2.75, 3.05) is 18.1 Å². The molecule has 0 aliphatic carbocycles. The van der Waals surface area contributed by atoms with Crippen LogP contribution in [0.25, 0.3) is 0 Å². The molecule has 3 aromatic carbocycles. The first-order valence-corrected chi connectivity index (χ1v) is 9.53. The summed E-state index contributed by atoms with van der Waals surface area (Å²) in [7, 11) is 0. The summed E-state index contributed by atoms with van der Waals surface area (Å²) < 4.78 is 11.1. The molecule has 6 heteroatoms. The molecular formula is C23H18ClNO4. The molecule has 29 heavy (non-hydrogen) atoms. The van der Waals surface area contributed by atoms with Gasteiger partial charge >= 0.3 is 5.97 Å². The molecule has 0 bridgehead atoms. The third-order valence-corrected chi connectivity index (χ3v) is 5.04. The van der Waals surface area contributed by atoms with E-state index in [4.69, 9.17) is 21.1 Å². The van der Waals surface area contributed by atoms with Gasteiger partial charge < -0.3 is 9.47 Å². The molecule has 1 unspecified atom stereocenters. The van der Waals surface area contributed by atoms with Crippen LogP contribution in [-0.4, -0.2) is 25.1 Å². The van der Waals surface area contributed by atoms with Crippen LogP contribution in [0.15, 0.2) is 78.9 Å². The highest BCUT2D eigenvalue weighted by molar-refractivity contribution is 6.33. The Hall–Kier alpha value is -3.31. The Balaban J connectivity index is 1.58. The monoisotopic (exact) mass is 407 g/mol. The second-order valence-corrected chi connectivity index (χ2v) is 6.93. The van der Waals surface area contributed by atoms with E-state index in [1.807, 2.05) is 54.6 Å². The molecule has 5 nitrogen and oxygen atoms in total. The maximum atomic E-state index is 13.1. The number of para-hydroxylation sites is 2. The minimum Gasteiger partial charge on any atom is -0.489 e. The highest BCUT2D eigenvalue weighted by Gasteiger charge is 2.33. The van der Waals surface area contributed by atoms with Crippen molar-refractivity contribution >= 4 is 29.2 Å². The first kappa shape index (κ1) is 19.0. The fraction of sp³-hybridized carbons (Fsp3) is 0.130. The fourth-order valence-electron chi connectivity index (χ4n) is 3.32. The van der Waals surface area contributed by atoms with E-state index in [1.54, 1.807) is 29.2 Å². The zero-order valence-corrected chi connectivity index (χ0v) is 16.2. The molecule has 4 rings (SSSR count). The van der Waals surface area contributed by atoms with E-state index in [0.29, 0.717) is 18.0 Å². The van der Waals surface area contributed by atoms with E-state index in [-0.39, 0.29) is 22.5 Å². The van der Waals surface area contributed by atoms with Crippen LogP contribution in [0.2, 0.25) is 5.02 Å². The topological polar surface area (TPSA) is 55.8 Å². The van der Waals surface area contributed by atoms with Crippen LogP contribution < -0.4 is 9.64 Å². The van der Waals surface area contributed by atoms with Gasteiger partial charge in [-0.2, -0.15) is 0 Å². The molecule has 0 N–H and O–H groups in total. The van der Waals surface area contributed by atoms with E-state index >= 15 is 0 Å². The molecule has 146 valence electrons. The molecule has 0 fully saturated rings. The molecule has 0 spiro atoms. The highest BCUT2D eigenvalue weighted by Crippen LogP contribution is 2.39. The summed E-state index contributed by atoms with van der Waals surface area (Å²) in [5.41, 5.74) is 1.81. The van der Waals surface area contributed by atoms with Crippen molar-refractivity contribution in [1.82, 2.24) is 0 Å². The van der Waals surface area contributed by atoms with Crippen LogP contribution >= 0.6 is 11.6 Å². The number of hydrogen-bond acceptors (Lipinski definition) is 4. The average molecular weight is 408 g/mol. The van der Waals surface area contributed by atoms with Gasteiger partial charge in [0.2, 0.25) is 0 Å². The lowest BCUT2D eigenvalue weighted by molar-refractivity contribution is -0.122. The van der Waals surface area contributed by atoms with Gasteiger partial charge in [0, 0.05) is 0 Å². The number of halogens is 1. The van der Waals surface area contributed by atoms with Crippen molar-refractivity contribution in [2.24, 2.45) is 0 Å². The number of esters is 1. The summed E-state index contributed by atoms with van der Waals surface area (Å²) in [5.74, 6) is -0.359. The van der Waals surface area contributed by atoms with Crippen LogP contribution in [0.1, 0.15) is 22.0 Å². The summed E-state index contributed by atoms with van der Waals surface area (Å²) in [6.45, 7) is -0.0903. The number of benzene rings is 3. The SMILES string of the molecule is O=C(OCC(=O)N1c2ccccc2OCC1c1ccccc1)c1ccccc1Cl. The number of fused-ring (bicyclic) bond motifs is 1. The van der Waals surface area contributed by atoms with Gasteiger partial charge in [0.05, 0.1) is 22.3 Å². The Morgan fingerprint density at radius 1 is 0.966 bits per heavy atom. The Labute approximate surface area is 173 Å². The number of hydrogen-bond donors (Lipinski definition) is 0. The van der Waals surface area contributed by atoms with Gasteiger partial charge in [-0.05, 0) is 29.8 Å². The Kier molecular flexibility index (Phi) is 5.49. The van der Waals surface area contributed by atoms with Gasteiger partial charge in [-0.15, -0.1) is 0 Å². The summed E-state index contributed by atoms with van der Waals surface area (Å²) in [6.07, 6.45) is 0. The van der Waals surface area contributed by atoms with Crippen molar-refractivity contribution in [3.05, 3.63) is 95.0 Å². The standard InChI is InChI=1S/C23H18ClNO4/c24-18-11-5-4-10-17(18)23(27)29-15-22(26)25-19-12-6-7-13-21(19)28-14-20(25)16-8-2-1-3-9-16/h1-13,20H,14-15H2. The summed E-state index contributed by atoms with van der Waals surface area (Å²) in [4.78, 5) is 27.1. The highest BCUT2D eigenvalue weighted by atomic mass is 35.5. The summed E-state index contributed by atoms with van der Waals surface area (Å²) in [5, 5.41) is 0.281. The number of anilines is 1. The van der Waals surface area contributed by atoms with Gasteiger partial charge in [-0.25, -0.2) is 4.79 Å². The minimum absolute atomic E-state index is 0.226. The van der Waals surface area contributed by atoms with E-state index in [0.717, 1.165) is 5.56 Å². The summed E-state index contributed by atoms with van der Waals surface area (Å²) >= 11 is 6.04. The second-order valence-electron chi connectivity index (χ2n) is 6.52. The predicted molar refractivity (Wildman–Crippen MR) is 110 cm³/mol. The van der Waals surface area contributed by atoms with Gasteiger partial charge in [-0.3, -0.25) is 9.69 Å². The molecule has 0 aromatic heterocycles.